The first-order chi connectivity index (χ1) is 9.09. The summed E-state index contributed by atoms with van der Waals surface area (Å²) in [6.07, 6.45) is 2.25. The van der Waals surface area contributed by atoms with Crippen molar-refractivity contribution in [1.29, 1.82) is 0 Å². The predicted octanol–water partition coefficient (Wildman–Crippen LogP) is 2.25. The zero-order valence-corrected chi connectivity index (χ0v) is 12.1. The van der Waals surface area contributed by atoms with Gasteiger partial charge in [0.25, 0.3) is 0 Å². The summed E-state index contributed by atoms with van der Waals surface area (Å²) in [5.41, 5.74) is 2.01. The Morgan fingerprint density at radius 2 is 1.84 bits per heavy atom. The highest BCUT2D eigenvalue weighted by atomic mass is 16.1. The molecule has 1 heterocycles. The Hall–Kier alpha value is -1.19. The van der Waals surface area contributed by atoms with E-state index < -0.39 is 0 Å². The van der Waals surface area contributed by atoms with E-state index in [1.165, 1.54) is 5.56 Å². The summed E-state index contributed by atoms with van der Waals surface area (Å²) in [5.74, 6) is 0.223. The van der Waals surface area contributed by atoms with Crippen LogP contribution in [0.1, 0.15) is 35.7 Å². The Morgan fingerprint density at radius 1 is 1.26 bits per heavy atom. The maximum Gasteiger partial charge on any atom is 0.179 e. The SMILES string of the molecule is Cc1ccc(C(=O)C(C)N(C)C2CCNCC2)cc1. The molecule has 0 saturated carbocycles. The average molecular weight is 260 g/mol. The molecule has 0 radical (unpaired) electrons. The van der Waals surface area contributed by atoms with Crippen molar-refractivity contribution >= 4 is 5.78 Å². The molecule has 0 amide bonds. The van der Waals surface area contributed by atoms with Crippen LogP contribution in [0.15, 0.2) is 24.3 Å². The van der Waals surface area contributed by atoms with Crippen LogP contribution in [0.4, 0.5) is 0 Å². The second-order valence-electron chi connectivity index (χ2n) is 5.55. The highest BCUT2D eigenvalue weighted by molar-refractivity contribution is 5.99. The number of carbonyl (C=O) groups is 1. The van der Waals surface area contributed by atoms with Gasteiger partial charge in [0.15, 0.2) is 5.78 Å². The number of hydrogen-bond donors (Lipinski definition) is 1. The Kier molecular flexibility index (Phi) is 4.72. The lowest BCUT2D eigenvalue weighted by Gasteiger charge is -2.35. The normalized spacial score (nSPS) is 18.5. The molecule has 1 atom stereocenters. The Labute approximate surface area is 116 Å². The van der Waals surface area contributed by atoms with Gasteiger partial charge in [-0.25, -0.2) is 0 Å². The summed E-state index contributed by atoms with van der Waals surface area (Å²) in [7, 11) is 2.08. The van der Waals surface area contributed by atoms with E-state index in [1.54, 1.807) is 0 Å². The lowest BCUT2D eigenvalue weighted by molar-refractivity contribution is 0.0786. The van der Waals surface area contributed by atoms with Gasteiger partial charge < -0.3 is 5.32 Å². The second-order valence-corrected chi connectivity index (χ2v) is 5.55. The minimum absolute atomic E-state index is 0.0502. The van der Waals surface area contributed by atoms with Gasteiger partial charge >= 0.3 is 0 Å². The fraction of sp³-hybridized carbons (Fsp3) is 0.562. The summed E-state index contributed by atoms with van der Waals surface area (Å²) in [5, 5.41) is 3.36. The van der Waals surface area contributed by atoms with Crippen molar-refractivity contribution < 1.29 is 4.79 Å². The molecule has 0 bridgehead atoms. The number of Topliss-reactive ketones (excluding diaryl/α,β-unsaturated/α-hetero) is 1. The van der Waals surface area contributed by atoms with Crippen LogP contribution in [0.5, 0.6) is 0 Å². The molecule has 1 aromatic carbocycles. The van der Waals surface area contributed by atoms with E-state index in [4.69, 9.17) is 0 Å². The molecule has 0 aromatic heterocycles. The predicted molar refractivity (Wildman–Crippen MR) is 78.6 cm³/mol. The molecule has 104 valence electrons. The number of rotatable bonds is 4. The van der Waals surface area contributed by atoms with Crippen molar-refractivity contribution in [3.63, 3.8) is 0 Å². The number of aryl methyl sites for hydroxylation is 1. The standard InChI is InChI=1S/C16H24N2O/c1-12-4-6-14(7-5-12)16(19)13(2)18(3)15-8-10-17-11-9-15/h4-7,13,15,17H,8-11H2,1-3H3. The number of nitrogens with one attached hydrogen (secondary N) is 1. The Balaban J connectivity index is 2.03. The topological polar surface area (TPSA) is 32.3 Å². The van der Waals surface area contributed by atoms with Crippen molar-refractivity contribution in [2.75, 3.05) is 20.1 Å². The van der Waals surface area contributed by atoms with Crippen molar-refractivity contribution in [3.8, 4) is 0 Å². The zero-order valence-electron chi connectivity index (χ0n) is 12.1. The third kappa shape index (κ3) is 3.43. The van der Waals surface area contributed by atoms with Crippen LogP contribution >= 0.6 is 0 Å². The van der Waals surface area contributed by atoms with Crippen LogP contribution in [0.3, 0.4) is 0 Å². The summed E-state index contributed by atoms with van der Waals surface area (Å²) >= 11 is 0. The van der Waals surface area contributed by atoms with Gasteiger partial charge in [0.2, 0.25) is 0 Å². The lowest BCUT2D eigenvalue weighted by atomic mass is 9.99. The number of likely N-dealkylation sites (N-methyl/N-ethyl adjacent to an activating group) is 1. The molecule has 1 saturated heterocycles. The minimum Gasteiger partial charge on any atom is -0.317 e. The van der Waals surface area contributed by atoms with Gasteiger partial charge in [0.1, 0.15) is 0 Å². The van der Waals surface area contributed by atoms with E-state index in [9.17, 15) is 4.79 Å². The van der Waals surface area contributed by atoms with E-state index in [0.29, 0.717) is 6.04 Å². The number of benzene rings is 1. The first kappa shape index (κ1) is 14.2. The molecule has 3 nitrogen and oxygen atoms in total. The minimum atomic E-state index is -0.0502. The van der Waals surface area contributed by atoms with Crippen LogP contribution in [-0.2, 0) is 0 Å². The molecule has 1 aliphatic rings. The molecule has 1 fully saturated rings. The number of piperidine rings is 1. The van der Waals surface area contributed by atoms with E-state index >= 15 is 0 Å². The molecule has 2 rings (SSSR count). The van der Waals surface area contributed by atoms with Crippen LogP contribution < -0.4 is 5.32 Å². The molecule has 1 unspecified atom stereocenters. The van der Waals surface area contributed by atoms with Gasteiger partial charge in [-0.2, -0.15) is 0 Å². The number of hydrogen-bond acceptors (Lipinski definition) is 3. The molecule has 0 aliphatic carbocycles. The van der Waals surface area contributed by atoms with Crippen LogP contribution in [0, 0.1) is 6.92 Å². The van der Waals surface area contributed by atoms with E-state index in [0.717, 1.165) is 31.5 Å². The first-order valence-corrected chi connectivity index (χ1v) is 7.13. The number of ketones is 1. The largest absolute Gasteiger partial charge is 0.317 e. The molecule has 3 heteroatoms. The third-order valence-corrected chi connectivity index (χ3v) is 4.21. The molecule has 1 aliphatic heterocycles. The van der Waals surface area contributed by atoms with Crippen LogP contribution in [-0.4, -0.2) is 42.9 Å². The fourth-order valence-electron chi connectivity index (χ4n) is 2.67. The molecule has 0 spiro atoms. The van der Waals surface area contributed by atoms with Crippen LogP contribution in [0.2, 0.25) is 0 Å². The van der Waals surface area contributed by atoms with E-state index in [-0.39, 0.29) is 11.8 Å². The van der Waals surface area contributed by atoms with Gasteiger partial charge in [-0.05, 0) is 46.8 Å². The summed E-state index contributed by atoms with van der Waals surface area (Å²) in [4.78, 5) is 14.7. The second kappa shape index (κ2) is 6.31. The lowest BCUT2D eigenvalue weighted by Crippen LogP contribution is -2.47. The highest BCUT2D eigenvalue weighted by Gasteiger charge is 2.26. The van der Waals surface area contributed by atoms with E-state index in [2.05, 4.69) is 17.3 Å². The molecular formula is C16H24N2O. The van der Waals surface area contributed by atoms with E-state index in [1.807, 2.05) is 38.1 Å². The number of carbonyl (C=O) groups excluding carboxylic acids is 1. The zero-order chi connectivity index (χ0) is 13.8. The molecule has 1 aromatic rings. The van der Waals surface area contributed by atoms with Crippen LogP contribution in [0.25, 0.3) is 0 Å². The van der Waals surface area contributed by atoms with Crippen molar-refractivity contribution in [2.45, 2.75) is 38.8 Å². The van der Waals surface area contributed by atoms with Gasteiger partial charge in [-0.15, -0.1) is 0 Å². The quantitative estimate of drug-likeness (QED) is 0.843. The van der Waals surface area contributed by atoms with Gasteiger partial charge in [0.05, 0.1) is 6.04 Å². The fourth-order valence-corrected chi connectivity index (χ4v) is 2.67. The Morgan fingerprint density at radius 3 is 2.42 bits per heavy atom. The van der Waals surface area contributed by atoms with Gasteiger partial charge in [-0.1, -0.05) is 29.8 Å². The summed E-state index contributed by atoms with van der Waals surface area (Å²) < 4.78 is 0. The third-order valence-electron chi connectivity index (χ3n) is 4.21. The number of nitrogens with zero attached hydrogens (tertiary/aromatic N) is 1. The molecule has 1 N–H and O–H groups in total. The highest BCUT2D eigenvalue weighted by Crippen LogP contribution is 2.16. The van der Waals surface area contributed by atoms with Gasteiger partial charge in [-0.3, -0.25) is 9.69 Å². The smallest absolute Gasteiger partial charge is 0.179 e. The maximum absolute atomic E-state index is 12.5. The van der Waals surface area contributed by atoms with Crippen molar-refractivity contribution in [2.24, 2.45) is 0 Å². The molecule has 19 heavy (non-hydrogen) atoms. The summed E-state index contributed by atoms with van der Waals surface area (Å²) in [6.45, 7) is 6.17. The maximum atomic E-state index is 12.5. The summed E-state index contributed by atoms with van der Waals surface area (Å²) in [6, 6.07) is 8.35. The van der Waals surface area contributed by atoms with Crippen molar-refractivity contribution in [3.05, 3.63) is 35.4 Å². The van der Waals surface area contributed by atoms with Gasteiger partial charge in [0, 0.05) is 11.6 Å². The first-order valence-electron chi connectivity index (χ1n) is 7.13. The average Bonchev–Trinajstić information content (AvgIpc) is 2.46. The monoisotopic (exact) mass is 260 g/mol. The molecular weight excluding hydrogens is 236 g/mol. The Bertz CT molecular complexity index is 421. The van der Waals surface area contributed by atoms with Crippen molar-refractivity contribution in [1.82, 2.24) is 10.2 Å².